The van der Waals surface area contributed by atoms with E-state index in [-0.39, 0.29) is 11.3 Å². The molecule has 20 heavy (non-hydrogen) atoms. The highest BCUT2D eigenvalue weighted by atomic mass is 16.4. The van der Waals surface area contributed by atoms with E-state index in [0.29, 0.717) is 11.6 Å². The average molecular weight is 273 g/mol. The normalized spacial score (nSPS) is 10.7. The number of nitrogens with one attached hydrogen (secondary N) is 1. The van der Waals surface area contributed by atoms with Crippen molar-refractivity contribution in [2.45, 2.75) is 0 Å². The first-order chi connectivity index (χ1) is 9.58. The summed E-state index contributed by atoms with van der Waals surface area (Å²) in [4.78, 5) is 13.6. The number of rotatable bonds is 4. The van der Waals surface area contributed by atoms with Gasteiger partial charge in [0.1, 0.15) is 11.5 Å². The fourth-order valence-electron chi connectivity index (χ4n) is 1.53. The van der Waals surface area contributed by atoms with Crippen molar-refractivity contribution in [3.63, 3.8) is 0 Å². The number of carbonyl (C=O) groups excluding carboxylic acids is 1. The summed E-state index contributed by atoms with van der Waals surface area (Å²) < 4.78 is 5.43. The molecule has 0 saturated heterocycles. The quantitative estimate of drug-likeness (QED) is 0.658. The third-order valence-corrected chi connectivity index (χ3v) is 2.56. The summed E-state index contributed by atoms with van der Waals surface area (Å²) in [5.41, 5.74) is 2.49. The van der Waals surface area contributed by atoms with Crippen LogP contribution in [0.2, 0.25) is 0 Å². The minimum atomic E-state index is -0.487. The van der Waals surface area contributed by atoms with E-state index in [1.165, 1.54) is 18.3 Å². The second-order valence-corrected chi connectivity index (χ2v) is 4.29. The first-order valence-corrected chi connectivity index (χ1v) is 5.96. The van der Waals surface area contributed by atoms with Gasteiger partial charge >= 0.3 is 0 Å². The van der Waals surface area contributed by atoms with E-state index >= 15 is 0 Å². The number of hydrogen-bond acceptors (Lipinski definition) is 5. The van der Waals surface area contributed by atoms with Crippen LogP contribution in [-0.4, -0.2) is 31.3 Å². The fraction of sp³-hybridized carbons (Fsp3) is 0.143. The van der Waals surface area contributed by atoms with Crippen LogP contribution >= 0.6 is 0 Å². The summed E-state index contributed by atoms with van der Waals surface area (Å²) in [5, 5.41) is 13.3. The lowest BCUT2D eigenvalue weighted by molar-refractivity contribution is 0.0952. The Labute approximate surface area is 116 Å². The predicted molar refractivity (Wildman–Crippen MR) is 76.2 cm³/mol. The Morgan fingerprint density at radius 3 is 2.70 bits per heavy atom. The lowest BCUT2D eigenvalue weighted by Gasteiger charge is -2.05. The van der Waals surface area contributed by atoms with Crippen molar-refractivity contribution >= 4 is 18.0 Å². The molecule has 1 heterocycles. The Morgan fingerprint density at radius 1 is 1.30 bits per heavy atom. The Bertz CT molecular complexity index is 632. The van der Waals surface area contributed by atoms with E-state index < -0.39 is 5.91 Å². The summed E-state index contributed by atoms with van der Waals surface area (Å²) in [6.07, 6.45) is 1.39. The molecule has 0 unspecified atom stereocenters. The van der Waals surface area contributed by atoms with Gasteiger partial charge in [0, 0.05) is 20.2 Å². The monoisotopic (exact) mass is 273 g/mol. The maximum absolute atomic E-state index is 11.7. The SMILES string of the molecule is CN(C)c1ccc(C=NNC(=O)c2ccccc2O)o1. The number of anilines is 1. The van der Waals surface area contributed by atoms with Crippen LogP contribution in [0.15, 0.2) is 45.9 Å². The first-order valence-electron chi connectivity index (χ1n) is 5.96. The average Bonchev–Trinajstić information content (AvgIpc) is 2.88. The Kier molecular flexibility index (Phi) is 4.05. The number of carbonyl (C=O) groups is 1. The summed E-state index contributed by atoms with van der Waals surface area (Å²) in [6.45, 7) is 0. The van der Waals surface area contributed by atoms with Crippen molar-refractivity contribution in [1.82, 2.24) is 5.43 Å². The topological polar surface area (TPSA) is 78.1 Å². The Morgan fingerprint density at radius 2 is 2.05 bits per heavy atom. The molecule has 6 heteroatoms. The highest BCUT2D eigenvalue weighted by molar-refractivity contribution is 5.97. The molecule has 104 valence electrons. The van der Waals surface area contributed by atoms with E-state index in [4.69, 9.17) is 4.42 Å². The third kappa shape index (κ3) is 3.17. The molecule has 2 N–H and O–H groups in total. The van der Waals surface area contributed by atoms with Gasteiger partial charge in [-0.05, 0) is 18.2 Å². The molecule has 0 fully saturated rings. The van der Waals surface area contributed by atoms with Crippen molar-refractivity contribution in [3.8, 4) is 5.75 Å². The molecule has 0 aliphatic carbocycles. The van der Waals surface area contributed by atoms with Gasteiger partial charge in [-0.2, -0.15) is 5.10 Å². The molecule has 1 aromatic heterocycles. The highest BCUT2D eigenvalue weighted by Crippen LogP contribution is 2.15. The largest absolute Gasteiger partial charge is 0.507 e. The van der Waals surface area contributed by atoms with Crippen LogP contribution in [0, 0.1) is 0 Å². The van der Waals surface area contributed by atoms with Crippen molar-refractivity contribution in [2.75, 3.05) is 19.0 Å². The maximum Gasteiger partial charge on any atom is 0.275 e. The van der Waals surface area contributed by atoms with E-state index in [1.807, 2.05) is 19.0 Å². The van der Waals surface area contributed by atoms with Crippen molar-refractivity contribution < 1.29 is 14.3 Å². The van der Waals surface area contributed by atoms with Gasteiger partial charge in [-0.3, -0.25) is 4.79 Å². The van der Waals surface area contributed by atoms with Crippen LogP contribution in [0.5, 0.6) is 5.75 Å². The van der Waals surface area contributed by atoms with Crippen LogP contribution < -0.4 is 10.3 Å². The van der Waals surface area contributed by atoms with Gasteiger partial charge in [0.15, 0.2) is 5.88 Å². The predicted octanol–water partition coefficient (Wildman–Crippen LogP) is 1.82. The minimum Gasteiger partial charge on any atom is -0.507 e. The Hall–Kier alpha value is -2.76. The lowest BCUT2D eigenvalue weighted by atomic mass is 10.2. The third-order valence-electron chi connectivity index (χ3n) is 2.56. The molecule has 0 spiro atoms. The van der Waals surface area contributed by atoms with Gasteiger partial charge in [-0.25, -0.2) is 5.43 Å². The summed E-state index contributed by atoms with van der Waals surface area (Å²) in [5.74, 6) is 0.636. The van der Waals surface area contributed by atoms with Gasteiger partial charge in [-0.15, -0.1) is 0 Å². The molecule has 2 rings (SSSR count). The van der Waals surface area contributed by atoms with E-state index in [1.54, 1.807) is 24.3 Å². The second kappa shape index (κ2) is 5.92. The smallest absolute Gasteiger partial charge is 0.275 e. The summed E-state index contributed by atoms with van der Waals surface area (Å²) in [7, 11) is 3.72. The molecule has 2 aromatic rings. The molecule has 0 aliphatic heterocycles. The molecular formula is C14H15N3O3. The number of nitrogens with zero attached hydrogens (tertiary/aromatic N) is 2. The van der Waals surface area contributed by atoms with Gasteiger partial charge < -0.3 is 14.4 Å². The molecule has 1 amide bonds. The number of para-hydroxylation sites is 1. The molecule has 0 bridgehead atoms. The van der Waals surface area contributed by atoms with Crippen molar-refractivity contribution in [3.05, 3.63) is 47.7 Å². The van der Waals surface area contributed by atoms with Crippen molar-refractivity contribution in [1.29, 1.82) is 0 Å². The molecule has 0 atom stereocenters. The summed E-state index contributed by atoms with van der Waals surface area (Å²) in [6, 6.07) is 9.79. The highest BCUT2D eigenvalue weighted by Gasteiger charge is 2.08. The fourth-order valence-corrected chi connectivity index (χ4v) is 1.53. The molecule has 6 nitrogen and oxygen atoms in total. The lowest BCUT2D eigenvalue weighted by Crippen LogP contribution is -2.17. The van der Waals surface area contributed by atoms with Gasteiger partial charge in [0.25, 0.3) is 5.91 Å². The van der Waals surface area contributed by atoms with Gasteiger partial charge in [0.2, 0.25) is 0 Å². The zero-order valence-electron chi connectivity index (χ0n) is 11.2. The van der Waals surface area contributed by atoms with E-state index in [0.717, 1.165) is 0 Å². The molecule has 1 aromatic carbocycles. The molecule has 0 aliphatic rings. The molecule has 0 radical (unpaired) electrons. The number of furan rings is 1. The van der Waals surface area contributed by atoms with Crippen LogP contribution in [0.1, 0.15) is 16.1 Å². The number of benzene rings is 1. The number of hydrazone groups is 1. The molecule has 0 saturated carbocycles. The number of phenolic OH excluding ortho intramolecular Hbond substituents is 1. The number of aromatic hydroxyl groups is 1. The molecular weight excluding hydrogens is 258 g/mol. The Balaban J connectivity index is 1.99. The standard InChI is InChI=1S/C14H15N3O3/c1-17(2)13-8-7-10(20-13)9-15-16-14(19)11-5-3-4-6-12(11)18/h3-9,18H,1-2H3,(H,16,19). The summed E-state index contributed by atoms with van der Waals surface area (Å²) >= 11 is 0. The second-order valence-electron chi connectivity index (χ2n) is 4.29. The number of phenols is 1. The minimum absolute atomic E-state index is 0.0897. The van der Waals surface area contributed by atoms with Crippen LogP contribution in [0.25, 0.3) is 0 Å². The van der Waals surface area contributed by atoms with E-state index in [9.17, 15) is 9.90 Å². The zero-order valence-corrected chi connectivity index (χ0v) is 11.2. The van der Waals surface area contributed by atoms with Crippen LogP contribution in [-0.2, 0) is 0 Å². The first kappa shape index (κ1) is 13.7. The zero-order chi connectivity index (χ0) is 14.5. The van der Waals surface area contributed by atoms with Crippen molar-refractivity contribution in [2.24, 2.45) is 5.10 Å². The number of amides is 1. The maximum atomic E-state index is 11.7. The van der Waals surface area contributed by atoms with Gasteiger partial charge in [-0.1, -0.05) is 12.1 Å². The van der Waals surface area contributed by atoms with Crippen LogP contribution in [0.3, 0.4) is 0 Å². The van der Waals surface area contributed by atoms with Gasteiger partial charge in [0.05, 0.1) is 11.8 Å². The van der Waals surface area contributed by atoms with Crippen LogP contribution in [0.4, 0.5) is 5.88 Å². The number of hydrogen-bond donors (Lipinski definition) is 2. The van der Waals surface area contributed by atoms with E-state index in [2.05, 4.69) is 10.5 Å².